The van der Waals surface area contributed by atoms with Crippen LogP contribution in [0.5, 0.6) is 0 Å². The molecule has 10 aromatic rings. The van der Waals surface area contributed by atoms with Crippen molar-refractivity contribution in [2.45, 2.75) is 96.6 Å². The molecule has 0 fully saturated rings. The van der Waals surface area contributed by atoms with Gasteiger partial charge in [0.05, 0.1) is 0 Å². The summed E-state index contributed by atoms with van der Waals surface area (Å²) in [5, 5.41) is 7.71. The molecule has 0 bridgehead atoms. The Bertz CT molecular complexity index is 3710. The summed E-state index contributed by atoms with van der Waals surface area (Å²) in [6.45, 7) is 19.3. The van der Waals surface area contributed by atoms with Crippen LogP contribution in [0.1, 0.15) is 99.9 Å². The lowest BCUT2D eigenvalue weighted by Crippen LogP contribution is -2.24. The number of anilines is 3. The molecular weight excluding hydrogens is 871 g/mol. The summed E-state index contributed by atoms with van der Waals surface area (Å²) in [6.07, 6.45) is 0. The minimum absolute atomic E-state index is 0.0961. The molecule has 0 N–H and O–H groups in total. The Morgan fingerprint density at radius 1 is 0.290 bits per heavy atom. The summed E-state index contributed by atoms with van der Waals surface area (Å²) >= 11 is 3.92. The van der Waals surface area contributed by atoms with Gasteiger partial charge in [-0.15, -0.1) is 0 Å². The van der Waals surface area contributed by atoms with Gasteiger partial charge < -0.3 is 4.90 Å². The Morgan fingerprint density at radius 2 is 0.638 bits per heavy atom. The molecule has 0 saturated heterocycles. The van der Waals surface area contributed by atoms with Crippen LogP contribution in [0.3, 0.4) is 0 Å². The fourth-order valence-electron chi connectivity index (χ4n) is 13.2. The second kappa shape index (κ2) is 14.1. The van der Waals surface area contributed by atoms with Crippen LogP contribution in [-0.4, -0.2) is 0 Å². The maximum absolute atomic E-state index is 2.55. The molecule has 2 heterocycles. The molecule has 1 nitrogen and oxygen atoms in total. The van der Waals surface area contributed by atoms with Crippen molar-refractivity contribution in [2.24, 2.45) is 0 Å². The lowest BCUT2D eigenvalue weighted by Gasteiger charge is -2.36. The van der Waals surface area contributed by atoms with Crippen molar-refractivity contribution in [3.8, 4) is 22.3 Å². The average molecular weight is 924 g/mol. The Kier molecular flexibility index (Phi) is 8.45. The van der Waals surface area contributed by atoms with E-state index in [1.165, 1.54) is 130 Å². The van der Waals surface area contributed by atoms with Gasteiger partial charge in [0.2, 0.25) is 0 Å². The van der Waals surface area contributed by atoms with E-state index in [1.807, 2.05) is 23.5 Å². The zero-order valence-corrected chi connectivity index (χ0v) is 42.1. The van der Waals surface area contributed by atoms with E-state index in [2.05, 4.69) is 236 Å². The monoisotopic (exact) mass is 923 g/mol. The highest BCUT2D eigenvalue weighted by molar-refractivity contribution is 8.00. The molecule has 3 heteroatoms. The van der Waals surface area contributed by atoms with Gasteiger partial charge in [-0.1, -0.05) is 206 Å². The van der Waals surface area contributed by atoms with Crippen molar-refractivity contribution >= 4 is 72.9 Å². The van der Waals surface area contributed by atoms with Crippen LogP contribution in [0.2, 0.25) is 0 Å². The Balaban J connectivity index is 0.982. The largest absolute Gasteiger partial charge is 0.310 e. The SMILES string of the molecule is CC1(C)c2ccccc2Sc2c1ccc1c2-c2ccc(N(c3ccc4c(c3)C(C)(C)c3ccc5c(c3-4)Sc3ccccc3C5(C)C)c3ccc4c5ccccc5c5ccccc5c4c3)cc2C1(C)C. The molecule has 0 saturated carbocycles. The molecule has 0 radical (unpaired) electrons. The summed E-state index contributed by atoms with van der Waals surface area (Å²) in [4.78, 5) is 8.10. The molecule has 0 unspecified atom stereocenters. The van der Waals surface area contributed by atoms with Crippen LogP contribution in [0.25, 0.3) is 54.6 Å². The first kappa shape index (κ1) is 41.5. The maximum Gasteiger partial charge on any atom is 0.0468 e. The van der Waals surface area contributed by atoms with Gasteiger partial charge in [-0.3, -0.25) is 0 Å². The predicted molar refractivity (Wildman–Crippen MR) is 294 cm³/mol. The number of hydrogen-bond donors (Lipinski definition) is 0. The molecule has 10 aromatic carbocycles. The van der Waals surface area contributed by atoms with E-state index >= 15 is 0 Å². The van der Waals surface area contributed by atoms with E-state index in [9.17, 15) is 0 Å². The van der Waals surface area contributed by atoms with Gasteiger partial charge in [-0.05, 0) is 136 Å². The average Bonchev–Trinajstić information content (AvgIpc) is 3.73. The standard InChI is InChI=1S/C66H53NS2/c1-63(2)49-21-13-15-23-57(49)68-61-53(63)33-31-51-59(61)46-29-26-39(36-55(46)65(51,5)6)67(38-25-28-45-43-19-10-9-17-41(43)42-18-11-12-20-44(42)48(45)35-38)40-27-30-47-56(37-40)66(7,8)52-32-34-54-62(60(47)52)69-58-24-16-14-22-50(58)64(54,3)4/h9-37H,1-8H3. The first-order valence-corrected chi connectivity index (χ1v) is 26.2. The minimum atomic E-state index is -0.202. The zero-order valence-electron chi connectivity index (χ0n) is 40.5. The van der Waals surface area contributed by atoms with Gasteiger partial charge in [0.1, 0.15) is 0 Å². The minimum Gasteiger partial charge on any atom is -0.310 e. The first-order valence-electron chi connectivity index (χ1n) is 24.6. The summed E-state index contributed by atoms with van der Waals surface area (Å²) in [5.41, 5.74) is 19.7. The van der Waals surface area contributed by atoms with Crippen LogP contribution in [0.4, 0.5) is 17.1 Å². The normalized spacial score (nSPS) is 16.8. The van der Waals surface area contributed by atoms with Crippen molar-refractivity contribution in [1.82, 2.24) is 0 Å². The highest BCUT2D eigenvalue weighted by Gasteiger charge is 2.44. The molecule has 0 amide bonds. The van der Waals surface area contributed by atoms with Crippen LogP contribution in [0.15, 0.2) is 196 Å². The Hall–Kier alpha value is -6.52. The van der Waals surface area contributed by atoms with E-state index in [4.69, 9.17) is 0 Å². The predicted octanol–water partition coefficient (Wildman–Crippen LogP) is 18.8. The number of fused-ring (bicyclic) bond motifs is 18. The van der Waals surface area contributed by atoms with Gasteiger partial charge in [0, 0.05) is 69.4 Å². The van der Waals surface area contributed by atoms with E-state index < -0.39 is 0 Å². The summed E-state index contributed by atoms with van der Waals surface area (Å²) in [5.74, 6) is 0. The van der Waals surface area contributed by atoms with Gasteiger partial charge in [0.25, 0.3) is 0 Å². The van der Waals surface area contributed by atoms with E-state index in [0.29, 0.717) is 0 Å². The second-order valence-corrected chi connectivity index (χ2v) is 24.1. The quantitative estimate of drug-likeness (QED) is 0.163. The Morgan fingerprint density at radius 3 is 1.10 bits per heavy atom. The van der Waals surface area contributed by atoms with Gasteiger partial charge >= 0.3 is 0 Å². The van der Waals surface area contributed by atoms with Crippen molar-refractivity contribution in [2.75, 3.05) is 4.90 Å². The molecule has 69 heavy (non-hydrogen) atoms. The molecule has 14 rings (SSSR count). The van der Waals surface area contributed by atoms with Crippen molar-refractivity contribution < 1.29 is 0 Å². The van der Waals surface area contributed by atoms with Gasteiger partial charge in [0.15, 0.2) is 0 Å². The molecule has 0 spiro atoms. The third-order valence-corrected chi connectivity index (χ3v) is 19.4. The van der Waals surface area contributed by atoms with Gasteiger partial charge in [-0.25, -0.2) is 0 Å². The molecule has 0 aromatic heterocycles. The topological polar surface area (TPSA) is 3.24 Å². The zero-order chi connectivity index (χ0) is 46.9. The third-order valence-electron chi connectivity index (χ3n) is 16.9. The van der Waals surface area contributed by atoms with Crippen molar-refractivity contribution in [1.29, 1.82) is 0 Å². The van der Waals surface area contributed by atoms with Crippen LogP contribution in [0, 0.1) is 0 Å². The number of rotatable bonds is 3. The number of hydrogen-bond acceptors (Lipinski definition) is 3. The molecule has 2 aliphatic heterocycles. The number of nitrogens with zero attached hydrogens (tertiary/aromatic N) is 1. The molecule has 4 aliphatic rings. The number of benzene rings is 10. The van der Waals surface area contributed by atoms with Crippen LogP contribution in [-0.2, 0) is 21.7 Å². The third kappa shape index (κ3) is 5.52. The highest BCUT2D eigenvalue weighted by Crippen LogP contribution is 2.62. The summed E-state index contributed by atoms with van der Waals surface area (Å²) in [6, 6.07) is 67.6. The van der Waals surface area contributed by atoms with Gasteiger partial charge in [-0.2, -0.15) is 0 Å². The lowest BCUT2D eigenvalue weighted by molar-refractivity contribution is 0.604. The smallest absolute Gasteiger partial charge is 0.0468 e. The lowest BCUT2D eigenvalue weighted by atomic mass is 9.75. The summed E-state index contributed by atoms with van der Waals surface area (Å²) in [7, 11) is 0. The second-order valence-electron chi connectivity index (χ2n) is 22.0. The van der Waals surface area contributed by atoms with Crippen molar-refractivity contribution in [3.63, 3.8) is 0 Å². The molecule has 2 aliphatic carbocycles. The van der Waals surface area contributed by atoms with E-state index in [0.717, 1.165) is 5.69 Å². The van der Waals surface area contributed by atoms with E-state index in [-0.39, 0.29) is 21.7 Å². The summed E-state index contributed by atoms with van der Waals surface area (Å²) < 4.78 is 0. The molecule has 334 valence electrons. The van der Waals surface area contributed by atoms with E-state index in [1.54, 1.807) is 0 Å². The van der Waals surface area contributed by atoms with Crippen molar-refractivity contribution in [3.05, 3.63) is 220 Å². The first-order chi connectivity index (χ1) is 33.2. The Labute approximate surface area is 414 Å². The fraction of sp³-hybridized carbons (Fsp3) is 0.182. The molecular formula is C66H53NS2. The fourth-order valence-corrected chi connectivity index (χ4v) is 16.3. The molecule has 0 atom stereocenters. The van der Waals surface area contributed by atoms with Crippen LogP contribution >= 0.6 is 23.5 Å². The highest BCUT2D eigenvalue weighted by atomic mass is 32.2. The maximum atomic E-state index is 2.55. The van der Waals surface area contributed by atoms with Crippen LogP contribution < -0.4 is 4.90 Å².